The van der Waals surface area contributed by atoms with Crippen LogP contribution in [0.1, 0.15) is 49.3 Å². The lowest BCUT2D eigenvalue weighted by Crippen LogP contribution is -2.10. The van der Waals surface area contributed by atoms with Gasteiger partial charge in [0.25, 0.3) is 0 Å². The molecule has 11 rings (SSSR count). The van der Waals surface area contributed by atoms with Crippen molar-refractivity contribution in [1.82, 2.24) is 4.57 Å². The number of aromatic nitrogens is 1. The molecule has 0 aliphatic carbocycles. The van der Waals surface area contributed by atoms with E-state index in [1.165, 1.54) is 0 Å². The van der Waals surface area contributed by atoms with Crippen molar-refractivity contribution in [2.75, 3.05) is 4.90 Å². The van der Waals surface area contributed by atoms with Gasteiger partial charge in [-0.05, 0) is 94.3 Å². The number of nitrogens with zero attached hydrogens (tertiary/aromatic N) is 2. The molecule has 0 spiro atoms. The van der Waals surface area contributed by atoms with E-state index < -0.39 is 317 Å². The molecule has 3 heteroatoms. The second kappa shape index (κ2) is 13.6. The summed E-state index contributed by atoms with van der Waals surface area (Å²) >= 11 is 0. The first-order valence-electron chi connectivity index (χ1n) is 34.5. The zero-order valence-electron chi connectivity index (χ0n) is 64.3. The lowest BCUT2D eigenvalue weighted by atomic mass is 9.99. The number of hydrogen-bond donors (Lipinski definition) is 0. The predicted molar refractivity (Wildman–Crippen MR) is 239 cm³/mol. The van der Waals surface area contributed by atoms with Crippen LogP contribution in [0.2, 0.25) is 0 Å². The van der Waals surface area contributed by atoms with Gasteiger partial charge in [-0.25, -0.2) is 0 Å². The maximum atomic E-state index is 10.4. The number of fused-ring (bicyclic) bond motifs is 6. The monoisotopic (exact) mass is 765 g/mol. The van der Waals surface area contributed by atoms with Crippen LogP contribution in [0, 0.1) is 0 Å². The van der Waals surface area contributed by atoms with Crippen molar-refractivity contribution >= 4 is 60.8 Å². The molecule has 0 saturated carbocycles. The van der Waals surface area contributed by atoms with Gasteiger partial charge in [0.2, 0.25) is 0 Å². The fourth-order valence-corrected chi connectivity index (χ4v) is 6.11. The van der Waals surface area contributed by atoms with Crippen molar-refractivity contribution in [2.24, 2.45) is 0 Å². The van der Waals surface area contributed by atoms with Crippen LogP contribution in [0.5, 0.6) is 0 Å². The Balaban J connectivity index is 1.41. The Kier molecular flexibility index (Phi) is 3.03. The second-order valence-corrected chi connectivity index (χ2v) is 11.8. The van der Waals surface area contributed by atoms with Crippen LogP contribution in [0.4, 0.5) is 17.1 Å². The van der Waals surface area contributed by atoms with Crippen LogP contribution in [-0.4, -0.2) is 4.57 Å². The Morgan fingerprint density at radius 3 is 1.46 bits per heavy atom. The molecule has 0 N–H and O–H groups in total. The maximum Gasteiger partial charge on any atom is 0.143 e. The molecule has 0 saturated heterocycles. The van der Waals surface area contributed by atoms with Crippen LogP contribution in [0.3, 0.4) is 0 Å². The first kappa shape index (κ1) is 12.7. The van der Waals surface area contributed by atoms with E-state index in [4.69, 9.17) is 30.5 Å². The molecule has 0 amide bonds. The van der Waals surface area contributed by atoms with Crippen molar-refractivity contribution in [3.63, 3.8) is 0 Å². The Morgan fingerprint density at radius 2 is 0.860 bits per heavy atom. The fourth-order valence-electron chi connectivity index (χ4n) is 6.11. The number of rotatable bonds is 7. The molecule has 57 heavy (non-hydrogen) atoms. The third kappa shape index (κ3) is 5.68. The number of hydrogen-bond acceptors (Lipinski definition) is 2. The van der Waals surface area contributed by atoms with Gasteiger partial charge in [-0.15, -0.1) is 0 Å². The topological polar surface area (TPSA) is 21.3 Å². The minimum absolute atomic E-state index is 0.241. The molecule has 0 fully saturated rings. The van der Waals surface area contributed by atoms with E-state index in [1.807, 2.05) is 0 Å². The molecule has 9 aromatic carbocycles. The average Bonchev–Trinajstić information content (AvgIpc) is 1.65. The smallest absolute Gasteiger partial charge is 0.143 e. The Hall–Kier alpha value is -7.62. The highest BCUT2D eigenvalue weighted by Gasteiger charge is 2.21. The highest BCUT2D eigenvalue weighted by atomic mass is 16.3. The lowest BCUT2D eigenvalue weighted by Gasteiger charge is -2.27. The van der Waals surface area contributed by atoms with Gasteiger partial charge in [-0.1, -0.05) is 151 Å². The summed E-state index contributed by atoms with van der Waals surface area (Å²) in [5.41, 5.74) is -14.2. The summed E-state index contributed by atoms with van der Waals surface area (Å²) in [6.45, 7) is 0. The number of para-hydroxylation sites is 3. The minimum atomic E-state index is -1.41. The van der Waals surface area contributed by atoms with Gasteiger partial charge in [0, 0.05) is 49.9 Å². The number of furan rings is 1. The molecule has 0 aliphatic heterocycles. The van der Waals surface area contributed by atoms with Crippen molar-refractivity contribution in [1.29, 1.82) is 0 Å². The summed E-state index contributed by atoms with van der Waals surface area (Å²) < 4.78 is 334. The SMILES string of the molecule is [2H]c1c([2H])c([2H])c(-c2c([2H])c([2H])c(N(c3c([2H])c([2H])c(-c4c([2H])c([2H])c([2H])c([2H])c4[2H])c([2H])c3[2H])c3c([2H])c(-c4c([2H])c([2H])c([2H])c(-n5c6c([2H])c([2H])c([2H])c([2H])c6c6c([2H])c([2H])c([2H])c([2H])c65)c4[2H])c4oc5c([2H])c([2H])c([2H])c([2H])c5c4c3[2H])c([2H])c2[2H])c([2H])c1[2H]. The molecule has 2 aromatic heterocycles. The summed E-state index contributed by atoms with van der Waals surface area (Å²) in [5.74, 6) is 0. The molecule has 0 unspecified atom stereocenters. The first-order valence-corrected chi connectivity index (χ1v) is 16.5. The van der Waals surface area contributed by atoms with Crippen molar-refractivity contribution in [3.8, 4) is 39.1 Å². The molecular weight excluding hydrogens is 693 g/mol. The van der Waals surface area contributed by atoms with Crippen LogP contribution in [0.15, 0.2) is 222 Å². The van der Waals surface area contributed by atoms with Gasteiger partial charge >= 0.3 is 0 Å². The normalized spacial score (nSPS) is 20.4. The van der Waals surface area contributed by atoms with Gasteiger partial charge in [0.15, 0.2) is 0 Å². The van der Waals surface area contributed by atoms with E-state index in [1.54, 1.807) is 0 Å². The van der Waals surface area contributed by atoms with Crippen molar-refractivity contribution in [3.05, 3.63) is 218 Å². The lowest BCUT2D eigenvalue weighted by molar-refractivity contribution is 0.670. The van der Waals surface area contributed by atoms with E-state index in [2.05, 4.69) is 0 Å². The van der Waals surface area contributed by atoms with Gasteiger partial charge < -0.3 is 13.9 Å². The summed E-state index contributed by atoms with van der Waals surface area (Å²) in [7, 11) is 0. The summed E-state index contributed by atoms with van der Waals surface area (Å²) in [6.07, 6.45) is 0. The quantitative estimate of drug-likeness (QED) is 0.161. The molecule has 0 atom stereocenters. The standard InChI is InChI=1S/C54H36N2O/c1-3-14-37(15-4-1)39-26-30-42(31-27-39)55(43-32-28-40(29-33-43)38-16-5-2-6-17-38)45-35-49(54-50(36-45)48-22-9-12-25-53(48)57-54)41-18-13-19-44(34-41)56-51-23-10-7-20-46(51)47-21-8-11-24-52(47)56/h1-36H/i1D,2D,3D,4D,5D,6D,7D,8D,9D,10D,11D,12D,13D,14D,15D,16D,17D,18D,19D,20D,21D,22D,23D,24D,25D,26D,27D,28D,29D,30D,31D,32D,33D,34D,35D,36D. The number of anilines is 3. The second-order valence-electron chi connectivity index (χ2n) is 11.8. The average molecular weight is 765 g/mol. The van der Waals surface area contributed by atoms with Crippen LogP contribution < -0.4 is 4.90 Å². The zero-order chi connectivity index (χ0) is 69.0. The molecule has 11 aromatic rings. The van der Waals surface area contributed by atoms with Gasteiger partial charge in [-0.3, -0.25) is 0 Å². The summed E-state index contributed by atoms with van der Waals surface area (Å²) in [4.78, 5) is 0.241. The van der Waals surface area contributed by atoms with Crippen molar-refractivity contribution < 1.29 is 53.8 Å². The molecule has 0 bridgehead atoms. The fraction of sp³-hybridized carbons (Fsp3) is 0. The van der Waals surface area contributed by atoms with Crippen LogP contribution in [-0.2, 0) is 0 Å². The largest absolute Gasteiger partial charge is 0.455 e. The molecule has 2 heterocycles. The Morgan fingerprint density at radius 1 is 0.368 bits per heavy atom. The van der Waals surface area contributed by atoms with E-state index in [0.717, 1.165) is 0 Å². The molecule has 0 radical (unpaired) electrons. The zero-order valence-corrected chi connectivity index (χ0v) is 28.3. The maximum absolute atomic E-state index is 10.4. The highest BCUT2D eigenvalue weighted by Crippen LogP contribution is 2.44. The van der Waals surface area contributed by atoms with Crippen LogP contribution in [0.25, 0.3) is 82.8 Å². The molecule has 0 aliphatic rings. The Bertz CT molecular complexity index is 5030. The minimum Gasteiger partial charge on any atom is -0.455 e. The first-order chi connectivity index (χ1) is 43.3. The van der Waals surface area contributed by atoms with Gasteiger partial charge in [-0.2, -0.15) is 0 Å². The summed E-state index contributed by atoms with van der Waals surface area (Å²) in [6, 6.07) is -39.9. The molecule has 268 valence electrons. The third-order valence-corrected chi connectivity index (χ3v) is 8.56. The molecule has 3 nitrogen and oxygen atoms in total. The third-order valence-electron chi connectivity index (χ3n) is 8.56. The summed E-state index contributed by atoms with van der Waals surface area (Å²) in [5, 5.41) is -2.85. The highest BCUT2D eigenvalue weighted by molar-refractivity contribution is 6.12. The van der Waals surface area contributed by atoms with Crippen molar-refractivity contribution in [2.45, 2.75) is 0 Å². The van der Waals surface area contributed by atoms with Gasteiger partial charge in [0.1, 0.15) is 11.2 Å². The molecular formula is C54H36N2O. The van der Waals surface area contributed by atoms with Gasteiger partial charge in [0.05, 0.1) is 60.4 Å². The Labute approximate surface area is 381 Å². The predicted octanol–water partition coefficient (Wildman–Crippen LogP) is 15.2. The van der Waals surface area contributed by atoms with E-state index >= 15 is 0 Å². The van der Waals surface area contributed by atoms with E-state index in [0.29, 0.717) is 4.57 Å². The number of benzene rings is 9. The van der Waals surface area contributed by atoms with Crippen LogP contribution >= 0.6 is 0 Å². The van der Waals surface area contributed by atoms with E-state index in [9.17, 15) is 23.3 Å². The van der Waals surface area contributed by atoms with E-state index in [-0.39, 0.29) is 4.90 Å².